The molecule has 0 aliphatic carbocycles. The Kier molecular flexibility index (Phi) is 6.92. The summed E-state index contributed by atoms with van der Waals surface area (Å²) in [7, 11) is 0. The lowest BCUT2D eigenvalue weighted by molar-refractivity contribution is 0.0534. The molecule has 2 N–H and O–H groups in total. The number of aliphatic hydroxyl groups excluding tert-OH is 1. The second-order valence-corrected chi connectivity index (χ2v) is 5.93. The fourth-order valence-corrected chi connectivity index (χ4v) is 1.62. The summed E-state index contributed by atoms with van der Waals surface area (Å²) in [5.41, 5.74) is 0.378. The molecular weight excluding hydrogens is 282 g/mol. The van der Waals surface area contributed by atoms with E-state index in [2.05, 4.69) is 5.32 Å². The maximum atomic E-state index is 11.5. The monoisotopic (exact) mass is 307 g/mol. The lowest BCUT2D eigenvalue weighted by Gasteiger charge is -2.19. The van der Waals surface area contributed by atoms with E-state index >= 15 is 0 Å². The predicted octanol–water partition coefficient (Wildman–Crippen LogP) is 2.98. The normalized spacial score (nSPS) is 13.0. The molecule has 1 aromatic rings. The van der Waals surface area contributed by atoms with Crippen molar-refractivity contribution in [3.63, 3.8) is 0 Å². The van der Waals surface area contributed by atoms with Crippen LogP contribution in [0.25, 0.3) is 6.08 Å². The van der Waals surface area contributed by atoms with Gasteiger partial charge in [-0.2, -0.15) is 0 Å². The van der Waals surface area contributed by atoms with Crippen LogP contribution in [0.5, 0.6) is 5.75 Å². The molecule has 0 spiro atoms. The van der Waals surface area contributed by atoms with Crippen LogP contribution >= 0.6 is 0 Å². The van der Waals surface area contributed by atoms with Crippen LogP contribution in [0.1, 0.15) is 33.3 Å². The highest BCUT2D eigenvalue weighted by atomic mass is 16.6. The number of carbonyl (C=O) groups is 1. The van der Waals surface area contributed by atoms with E-state index in [9.17, 15) is 4.79 Å². The third kappa shape index (κ3) is 7.13. The topological polar surface area (TPSA) is 67.8 Å². The van der Waals surface area contributed by atoms with Gasteiger partial charge in [0.25, 0.3) is 0 Å². The second-order valence-electron chi connectivity index (χ2n) is 5.93. The number of hydrogen-bond donors (Lipinski definition) is 2. The third-order valence-corrected chi connectivity index (χ3v) is 2.56. The SMILES string of the molecule is C[C@H](CO)Oc1ccccc1/C=C/CNC(=O)OC(C)(C)C. The van der Waals surface area contributed by atoms with E-state index in [1.807, 2.05) is 57.2 Å². The zero-order valence-electron chi connectivity index (χ0n) is 13.6. The minimum absolute atomic E-state index is 0.0434. The maximum Gasteiger partial charge on any atom is 0.407 e. The average molecular weight is 307 g/mol. The van der Waals surface area contributed by atoms with Gasteiger partial charge in [0, 0.05) is 12.1 Å². The second kappa shape index (κ2) is 8.44. The number of rotatable bonds is 6. The molecular formula is C17H25NO4. The predicted molar refractivity (Wildman–Crippen MR) is 86.9 cm³/mol. The first-order chi connectivity index (χ1) is 10.3. The molecule has 0 aliphatic heterocycles. The summed E-state index contributed by atoms with van der Waals surface area (Å²) in [5.74, 6) is 0.692. The van der Waals surface area contributed by atoms with Crippen molar-refractivity contribution < 1.29 is 19.4 Å². The Bertz CT molecular complexity index is 506. The van der Waals surface area contributed by atoms with Crippen LogP contribution in [0.3, 0.4) is 0 Å². The van der Waals surface area contributed by atoms with Crippen LogP contribution < -0.4 is 10.1 Å². The number of aliphatic hydroxyl groups is 1. The van der Waals surface area contributed by atoms with Crippen LogP contribution in [0, 0.1) is 0 Å². The lowest BCUT2D eigenvalue weighted by atomic mass is 10.2. The summed E-state index contributed by atoms with van der Waals surface area (Å²) in [5, 5.41) is 11.7. The van der Waals surface area contributed by atoms with Crippen LogP contribution in [0.15, 0.2) is 30.3 Å². The summed E-state index contributed by atoms with van der Waals surface area (Å²) < 4.78 is 10.8. The van der Waals surface area contributed by atoms with Gasteiger partial charge in [-0.1, -0.05) is 30.4 Å². The van der Waals surface area contributed by atoms with Crippen molar-refractivity contribution in [3.05, 3.63) is 35.9 Å². The highest BCUT2D eigenvalue weighted by Crippen LogP contribution is 2.20. The summed E-state index contributed by atoms with van der Waals surface area (Å²) in [6, 6.07) is 7.52. The van der Waals surface area contributed by atoms with Crippen molar-refractivity contribution in [3.8, 4) is 5.75 Å². The molecule has 0 aliphatic rings. The minimum Gasteiger partial charge on any atom is -0.488 e. The summed E-state index contributed by atoms with van der Waals surface area (Å²) in [4.78, 5) is 11.5. The fraction of sp³-hybridized carbons (Fsp3) is 0.471. The van der Waals surface area contributed by atoms with Gasteiger partial charge in [-0.05, 0) is 33.8 Å². The number of amides is 1. The van der Waals surface area contributed by atoms with Crippen LogP contribution in [0.4, 0.5) is 4.79 Å². The Balaban J connectivity index is 2.54. The number of benzene rings is 1. The molecule has 0 radical (unpaired) electrons. The molecule has 0 heterocycles. The Morgan fingerprint density at radius 3 is 2.68 bits per heavy atom. The summed E-state index contributed by atoms with van der Waals surface area (Å²) >= 11 is 0. The molecule has 1 amide bonds. The molecule has 122 valence electrons. The van der Waals surface area contributed by atoms with Gasteiger partial charge in [0.05, 0.1) is 6.61 Å². The van der Waals surface area contributed by atoms with Gasteiger partial charge in [-0.15, -0.1) is 0 Å². The highest BCUT2D eigenvalue weighted by molar-refractivity contribution is 5.68. The molecule has 0 unspecified atom stereocenters. The average Bonchev–Trinajstić information content (AvgIpc) is 2.43. The molecule has 1 aromatic carbocycles. The molecule has 22 heavy (non-hydrogen) atoms. The van der Waals surface area contributed by atoms with Crippen LogP contribution in [-0.2, 0) is 4.74 Å². The first-order valence-electron chi connectivity index (χ1n) is 7.32. The zero-order chi connectivity index (χ0) is 16.6. The maximum absolute atomic E-state index is 11.5. The largest absolute Gasteiger partial charge is 0.488 e. The summed E-state index contributed by atoms with van der Waals surface area (Å²) in [6.07, 6.45) is 2.96. The minimum atomic E-state index is -0.505. The molecule has 1 atom stereocenters. The van der Waals surface area contributed by atoms with Crippen LogP contribution in [0.2, 0.25) is 0 Å². The quantitative estimate of drug-likeness (QED) is 0.848. The number of alkyl carbamates (subject to hydrolysis) is 1. The van der Waals surface area contributed by atoms with Gasteiger partial charge in [0.2, 0.25) is 0 Å². The van der Waals surface area contributed by atoms with Crippen molar-refractivity contribution in [1.82, 2.24) is 5.32 Å². The molecule has 0 fully saturated rings. The molecule has 0 aromatic heterocycles. The first kappa shape index (κ1) is 18.0. The molecule has 1 rings (SSSR count). The van der Waals surface area contributed by atoms with Crippen molar-refractivity contribution in [2.24, 2.45) is 0 Å². The van der Waals surface area contributed by atoms with Gasteiger partial charge in [0.1, 0.15) is 17.5 Å². The fourth-order valence-electron chi connectivity index (χ4n) is 1.62. The standard InChI is InChI=1S/C17H25NO4/c1-13(12-19)21-15-10-6-5-8-14(15)9-7-11-18-16(20)22-17(2,3)4/h5-10,13,19H,11-12H2,1-4H3,(H,18,20)/b9-7+/t13-/m1/s1. The van der Waals surface area contributed by atoms with E-state index in [4.69, 9.17) is 14.6 Å². The third-order valence-electron chi connectivity index (χ3n) is 2.56. The van der Waals surface area contributed by atoms with Crippen LogP contribution in [-0.4, -0.2) is 36.1 Å². The van der Waals surface area contributed by atoms with E-state index in [0.717, 1.165) is 5.56 Å². The van der Waals surface area contributed by atoms with E-state index in [0.29, 0.717) is 12.3 Å². The Morgan fingerprint density at radius 2 is 2.05 bits per heavy atom. The molecule has 0 saturated carbocycles. The van der Waals surface area contributed by atoms with E-state index < -0.39 is 11.7 Å². The molecule has 0 bridgehead atoms. The Labute approximate surface area is 131 Å². The van der Waals surface area contributed by atoms with E-state index in [1.54, 1.807) is 6.92 Å². The molecule has 5 heteroatoms. The Hall–Kier alpha value is -2.01. The number of ether oxygens (including phenoxy) is 2. The van der Waals surface area contributed by atoms with Gasteiger partial charge < -0.3 is 19.9 Å². The Morgan fingerprint density at radius 1 is 1.36 bits per heavy atom. The van der Waals surface area contributed by atoms with Gasteiger partial charge in [-0.25, -0.2) is 4.79 Å². The smallest absolute Gasteiger partial charge is 0.407 e. The van der Waals surface area contributed by atoms with Crippen molar-refractivity contribution in [1.29, 1.82) is 0 Å². The molecule has 5 nitrogen and oxygen atoms in total. The summed E-state index contributed by atoms with van der Waals surface area (Å²) in [6.45, 7) is 7.57. The van der Waals surface area contributed by atoms with E-state index in [-0.39, 0.29) is 12.7 Å². The number of hydrogen-bond acceptors (Lipinski definition) is 4. The van der Waals surface area contributed by atoms with Gasteiger partial charge in [0.15, 0.2) is 0 Å². The van der Waals surface area contributed by atoms with Crippen molar-refractivity contribution in [2.75, 3.05) is 13.2 Å². The van der Waals surface area contributed by atoms with Gasteiger partial charge >= 0.3 is 6.09 Å². The first-order valence-corrected chi connectivity index (χ1v) is 7.32. The van der Waals surface area contributed by atoms with Gasteiger partial charge in [-0.3, -0.25) is 0 Å². The number of nitrogens with one attached hydrogen (secondary N) is 1. The number of carbonyl (C=O) groups excluding carboxylic acids is 1. The molecule has 0 saturated heterocycles. The zero-order valence-corrected chi connectivity index (χ0v) is 13.6. The van der Waals surface area contributed by atoms with Crippen molar-refractivity contribution >= 4 is 12.2 Å². The highest BCUT2D eigenvalue weighted by Gasteiger charge is 2.15. The number of para-hydroxylation sites is 1. The lowest BCUT2D eigenvalue weighted by Crippen LogP contribution is -2.32. The van der Waals surface area contributed by atoms with Crippen molar-refractivity contribution in [2.45, 2.75) is 39.4 Å². The van der Waals surface area contributed by atoms with E-state index in [1.165, 1.54) is 0 Å².